The fourth-order valence-corrected chi connectivity index (χ4v) is 4.49. The van der Waals surface area contributed by atoms with Gasteiger partial charge in [0, 0.05) is 21.6 Å². The standard InChI is InChI=1S/C20H16BrN3O/c21-14-7-5-13(6-8-14)19(25)23-15-9-20(10-15)17-4-2-1-3-16(17)18-11-22-12-24(18)20/h1-8,11-12,15H,9-10H2,(H,23,25). The van der Waals surface area contributed by atoms with Crippen molar-refractivity contribution in [2.45, 2.75) is 24.4 Å². The van der Waals surface area contributed by atoms with Crippen molar-refractivity contribution in [2.24, 2.45) is 0 Å². The summed E-state index contributed by atoms with van der Waals surface area (Å²) in [5, 5.41) is 3.17. The SMILES string of the molecule is O=C(NC1CC2(C1)c1ccccc1-c1cncn12)c1ccc(Br)cc1. The average molecular weight is 394 g/mol. The first kappa shape index (κ1) is 14.9. The monoisotopic (exact) mass is 393 g/mol. The minimum absolute atomic E-state index is 0.00973. The third-order valence-electron chi connectivity index (χ3n) is 5.41. The molecule has 2 heterocycles. The molecule has 4 nitrogen and oxygen atoms in total. The number of nitrogens with one attached hydrogen (secondary N) is 1. The van der Waals surface area contributed by atoms with Crippen molar-refractivity contribution < 1.29 is 4.79 Å². The topological polar surface area (TPSA) is 46.9 Å². The van der Waals surface area contributed by atoms with E-state index in [2.05, 4.69) is 55.1 Å². The lowest BCUT2D eigenvalue weighted by Crippen LogP contribution is -2.55. The summed E-state index contributed by atoms with van der Waals surface area (Å²) in [5.74, 6) is -0.00973. The van der Waals surface area contributed by atoms with Gasteiger partial charge in [-0.05, 0) is 42.7 Å². The van der Waals surface area contributed by atoms with Crippen molar-refractivity contribution in [2.75, 3.05) is 0 Å². The molecule has 1 saturated carbocycles. The van der Waals surface area contributed by atoms with Crippen LogP contribution in [0.4, 0.5) is 0 Å². The summed E-state index contributed by atoms with van der Waals surface area (Å²) >= 11 is 3.40. The second-order valence-electron chi connectivity index (χ2n) is 6.81. The van der Waals surface area contributed by atoms with Crippen molar-refractivity contribution in [3.63, 3.8) is 0 Å². The Morgan fingerprint density at radius 1 is 1.16 bits per heavy atom. The van der Waals surface area contributed by atoms with Crippen LogP contribution >= 0.6 is 15.9 Å². The third-order valence-corrected chi connectivity index (χ3v) is 5.94. The van der Waals surface area contributed by atoms with E-state index in [1.165, 1.54) is 16.8 Å². The van der Waals surface area contributed by atoms with Crippen molar-refractivity contribution in [3.05, 3.63) is 76.7 Å². The number of amides is 1. The van der Waals surface area contributed by atoms with E-state index in [-0.39, 0.29) is 17.5 Å². The highest BCUT2D eigenvalue weighted by Gasteiger charge is 2.52. The minimum atomic E-state index is -0.0555. The number of fused-ring (bicyclic) bond motifs is 5. The minimum Gasteiger partial charge on any atom is -0.349 e. The van der Waals surface area contributed by atoms with Gasteiger partial charge in [0.1, 0.15) is 0 Å². The molecule has 0 atom stereocenters. The Morgan fingerprint density at radius 2 is 1.92 bits per heavy atom. The molecular formula is C20H16BrN3O. The van der Waals surface area contributed by atoms with Crippen LogP contribution in [0.1, 0.15) is 28.8 Å². The number of hydrogen-bond acceptors (Lipinski definition) is 2. The first-order chi connectivity index (χ1) is 12.2. The Balaban J connectivity index is 1.38. The number of aromatic nitrogens is 2. The predicted molar refractivity (Wildman–Crippen MR) is 99.4 cm³/mol. The van der Waals surface area contributed by atoms with E-state index in [1.54, 1.807) is 0 Å². The van der Waals surface area contributed by atoms with Gasteiger partial charge in [0.2, 0.25) is 0 Å². The van der Waals surface area contributed by atoms with Crippen LogP contribution in [0.3, 0.4) is 0 Å². The number of benzene rings is 2. The normalized spacial score (nSPS) is 23.0. The molecule has 2 aromatic carbocycles. The molecule has 3 aromatic rings. The molecule has 1 spiro atoms. The van der Waals surface area contributed by atoms with Gasteiger partial charge in [-0.15, -0.1) is 0 Å². The zero-order chi connectivity index (χ0) is 17.0. The van der Waals surface area contributed by atoms with E-state index in [1.807, 2.05) is 36.8 Å². The molecular weight excluding hydrogens is 378 g/mol. The summed E-state index contributed by atoms with van der Waals surface area (Å²) in [7, 11) is 0. The number of halogens is 1. The van der Waals surface area contributed by atoms with Gasteiger partial charge in [-0.2, -0.15) is 0 Å². The molecule has 1 N–H and O–H groups in total. The fraction of sp³-hybridized carbons (Fsp3) is 0.200. The van der Waals surface area contributed by atoms with E-state index in [0.717, 1.165) is 17.3 Å². The van der Waals surface area contributed by atoms with E-state index < -0.39 is 0 Å². The fourth-order valence-electron chi connectivity index (χ4n) is 4.22. The zero-order valence-corrected chi connectivity index (χ0v) is 15.0. The Hall–Kier alpha value is -2.40. The second kappa shape index (κ2) is 5.30. The summed E-state index contributed by atoms with van der Waals surface area (Å²) < 4.78 is 3.25. The van der Waals surface area contributed by atoms with E-state index in [9.17, 15) is 4.79 Å². The van der Waals surface area contributed by atoms with Gasteiger partial charge in [-0.3, -0.25) is 4.79 Å². The Bertz CT molecular complexity index is 971. The van der Waals surface area contributed by atoms with Gasteiger partial charge in [0.05, 0.1) is 23.8 Å². The molecule has 5 rings (SSSR count). The Labute approximate surface area is 154 Å². The number of carbonyl (C=O) groups excluding carboxylic acids is 1. The molecule has 0 saturated heterocycles. The predicted octanol–water partition coefficient (Wildman–Crippen LogP) is 3.96. The smallest absolute Gasteiger partial charge is 0.251 e. The first-order valence-electron chi connectivity index (χ1n) is 8.36. The van der Waals surface area contributed by atoms with E-state index >= 15 is 0 Å². The van der Waals surface area contributed by atoms with Crippen molar-refractivity contribution in [3.8, 4) is 11.3 Å². The first-order valence-corrected chi connectivity index (χ1v) is 9.16. The molecule has 0 unspecified atom stereocenters. The Morgan fingerprint density at radius 3 is 2.72 bits per heavy atom. The number of nitrogens with zero attached hydrogens (tertiary/aromatic N) is 2. The highest BCUT2D eigenvalue weighted by Crippen LogP contribution is 2.54. The van der Waals surface area contributed by atoms with Gasteiger partial charge in [-0.1, -0.05) is 40.2 Å². The van der Waals surface area contributed by atoms with Gasteiger partial charge in [0.15, 0.2) is 0 Å². The molecule has 124 valence electrons. The van der Waals surface area contributed by atoms with Crippen LogP contribution in [0, 0.1) is 0 Å². The molecule has 1 aliphatic carbocycles. The second-order valence-corrected chi connectivity index (χ2v) is 7.73. The van der Waals surface area contributed by atoms with E-state index in [4.69, 9.17) is 0 Å². The lowest BCUT2D eigenvalue weighted by molar-refractivity contribution is 0.0836. The Kier molecular flexibility index (Phi) is 3.16. The zero-order valence-electron chi connectivity index (χ0n) is 13.4. The maximum atomic E-state index is 12.5. The van der Waals surface area contributed by atoms with Gasteiger partial charge in [0.25, 0.3) is 5.91 Å². The maximum Gasteiger partial charge on any atom is 0.251 e. The van der Waals surface area contributed by atoms with Crippen molar-refractivity contribution in [1.29, 1.82) is 0 Å². The van der Waals surface area contributed by atoms with Crippen LogP contribution in [0.25, 0.3) is 11.3 Å². The van der Waals surface area contributed by atoms with Crippen LogP contribution in [-0.2, 0) is 5.54 Å². The summed E-state index contributed by atoms with van der Waals surface area (Å²) in [5.41, 5.74) is 4.42. The van der Waals surface area contributed by atoms with Gasteiger partial charge in [-0.25, -0.2) is 4.98 Å². The summed E-state index contributed by atoms with van der Waals surface area (Å²) in [6.45, 7) is 0. The quantitative estimate of drug-likeness (QED) is 0.715. The van der Waals surface area contributed by atoms with Gasteiger partial charge < -0.3 is 9.88 Å². The third kappa shape index (κ3) is 2.12. The van der Waals surface area contributed by atoms with E-state index in [0.29, 0.717) is 5.56 Å². The molecule has 1 amide bonds. The summed E-state index contributed by atoms with van der Waals surface area (Å²) in [4.78, 5) is 16.8. The highest BCUT2D eigenvalue weighted by molar-refractivity contribution is 9.10. The lowest BCUT2D eigenvalue weighted by Gasteiger charge is -2.47. The van der Waals surface area contributed by atoms with Crippen molar-refractivity contribution in [1.82, 2.24) is 14.9 Å². The largest absolute Gasteiger partial charge is 0.349 e. The molecule has 2 aliphatic rings. The number of carbonyl (C=O) groups is 1. The number of hydrogen-bond donors (Lipinski definition) is 1. The average Bonchev–Trinajstić information content (AvgIpc) is 3.16. The van der Waals surface area contributed by atoms with Crippen LogP contribution in [0.15, 0.2) is 65.5 Å². The summed E-state index contributed by atoms with van der Waals surface area (Å²) in [6, 6.07) is 16.2. The molecule has 5 heteroatoms. The molecule has 25 heavy (non-hydrogen) atoms. The number of rotatable bonds is 2. The van der Waals surface area contributed by atoms with Crippen LogP contribution in [-0.4, -0.2) is 21.5 Å². The van der Waals surface area contributed by atoms with Gasteiger partial charge >= 0.3 is 0 Å². The van der Waals surface area contributed by atoms with Crippen LogP contribution < -0.4 is 5.32 Å². The lowest BCUT2D eigenvalue weighted by atomic mass is 9.68. The van der Waals surface area contributed by atoms with Crippen LogP contribution in [0.5, 0.6) is 0 Å². The van der Waals surface area contributed by atoms with Crippen molar-refractivity contribution >= 4 is 21.8 Å². The summed E-state index contributed by atoms with van der Waals surface area (Å²) in [6.07, 6.45) is 5.65. The molecule has 1 aliphatic heterocycles. The maximum absolute atomic E-state index is 12.5. The molecule has 0 radical (unpaired) electrons. The molecule has 1 fully saturated rings. The van der Waals surface area contributed by atoms with Crippen LogP contribution in [0.2, 0.25) is 0 Å². The molecule has 0 bridgehead atoms. The number of imidazole rings is 1. The molecule has 1 aromatic heterocycles. The highest BCUT2D eigenvalue weighted by atomic mass is 79.9.